The predicted octanol–water partition coefficient (Wildman–Crippen LogP) is 3.08. The minimum atomic E-state index is 0. The Hall–Kier alpha value is -1.17. The van der Waals surface area contributed by atoms with Gasteiger partial charge in [-0.1, -0.05) is 24.3 Å². The van der Waals surface area contributed by atoms with Crippen molar-refractivity contribution in [2.75, 3.05) is 0 Å². The number of allylic oxidation sites excluding steroid dienone is 4. The molecule has 3 heteroatoms. The van der Waals surface area contributed by atoms with Crippen LogP contribution in [0.4, 0.5) is 0 Å². The Morgan fingerprint density at radius 3 is 1.29 bits per heavy atom. The van der Waals surface area contributed by atoms with Crippen molar-refractivity contribution < 1.29 is 26.4 Å². The molecule has 0 aromatic heterocycles. The van der Waals surface area contributed by atoms with Gasteiger partial charge in [-0.3, -0.25) is 0 Å². The smallest absolute Gasteiger partial charge is 0 e. The first-order chi connectivity index (χ1) is 7.95. The first-order valence-electron chi connectivity index (χ1n) is 4.89. The summed E-state index contributed by atoms with van der Waals surface area (Å²) in [4.78, 5) is 0. The van der Waals surface area contributed by atoms with Crippen LogP contribution in [0.25, 0.3) is 0 Å². The summed E-state index contributed by atoms with van der Waals surface area (Å²) in [5, 5.41) is 0. The first kappa shape index (κ1) is 18.2. The van der Waals surface area contributed by atoms with Gasteiger partial charge >= 0.3 is 22.6 Å². The molecule has 1 aromatic rings. The summed E-state index contributed by atoms with van der Waals surface area (Å²) < 4.78 is 15.0. The Morgan fingerprint density at radius 1 is 0.824 bits per heavy atom. The molecule has 0 heterocycles. The third-order valence-electron chi connectivity index (χ3n) is 2.31. The van der Waals surface area contributed by atoms with E-state index >= 15 is 0 Å². The van der Waals surface area contributed by atoms with Crippen LogP contribution in [0.15, 0.2) is 54.6 Å². The third-order valence-corrected chi connectivity index (χ3v) is 2.31. The number of hydrogen-bond acceptors (Lipinski definition) is 0. The molecule has 0 N–H and O–H groups in total. The van der Waals surface area contributed by atoms with E-state index in [1.807, 2.05) is 30.3 Å². The zero-order valence-electron chi connectivity index (χ0n) is 9.25. The van der Waals surface area contributed by atoms with E-state index in [1.165, 1.54) is 6.42 Å². The molecular weight excluding hydrogens is 255 g/mol. The number of hydrogen-bond donors (Lipinski definition) is 0. The van der Waals surface area contributed by atoms with Gasteiger partial charge in [0.15, 0.2) is 0 Å². The standard InChI is InChI=1S/C7H8.C5H5.2CO.Mn/c1-2-7-4-3-6(1)5-7;1-2-4-5-3-1;2*1-2;/h1-4,6-7H,5H2;1-5H;;;/q;-1;;;. The maximum Gasteiger partial charge on any atom is 0 e. The third kappa shape index (κ3) is 7.68. The van der Waals surface area contributed by atoms with Gasteiger partial charge in [0.2, 0.25) is 0 Å². The topological polar surface area (TPSA) is 39.8 Å². The van der Waals surface area contributed by atoms with Crippen molar-refractivity contribution in [3.8, 4) is 0 Å². The molecule has 0 amide bonds. The van der Waals surface area contributed by atoms with Gasteiger partial charge in [0.05, 0.1) is 0 Å². The monoisotopic (exact) mass is 268 g/mol. The normalized spacial score (nSPS) is 20.5. The molecule has 2 aliphatic carbocycles. The van der Waals surface area contributed by atoms with Gasteiger partial charge in [0.25, 0.3) is 0 Å². The van der Waals surface area contributed by atoms with Crippen LogP contribution < -0.4 is 0 Å². The minimum Gasteiger partial charge on any atom is -0.214 e. The summed E-state index contributed by atoms with van der Waals surface area (Å²) in [6.45, 7) is 9.00. The largest absolute Gasteiger partial charge is 0.214 e. The van der Waals surface area contributed by atoms with Crippen molar-refractivity contribution >= 4 is 0 Å². The minimum absolute atomic E-state index is 0. The molecule has 17 heavy (non-hydrogen) atoms. The molecular formula is C14H13MnO2-. The molecule has 2 bridgehead atoms. The average molecular weight is 268 g/mol. The second kappa shape index (κ2) is 12.9. The van der Waals surface area contributed by atoms with Gasteiger partial charge < -0.3 is 0 Å². The van der Waals surface area contributed by atoms with E-state index in [2.05, 4.69) is 37.6 Å². The molecule has 2 nitrogen and oxygen atoms in total. The fraction of sp³-hybridized carbons (Fsp3) is 0.214. The van der Waals surface area contributed by atoms with E-state index in [9.17, 15) is 0 Å². The molecule has 2 aliphatic rings. The van der Waals surface area contributed by atoms with Gasteiger partial charge in [0.1, 0.15) is 0 Å². The van der Waals surface area contributed by atoms with Crippen LogP contribution in [0.3, 0.4) is 0 Å². The molecule has 3 rings (SSSR count). The Balaban J connectivity index is 0. The van der Waals surface area contributed by atoms with Crippen LogP contribution in [0.2, 0.25) is 0 Å². The zero-order valence-corrected chi connectivity index (χ0v) is 10.4. The molecule has 0 saturated carbocycles. The van der Waals surface area contributed by atoms with E-state index in [1.54, 1.807) is 0 Å². The number of rotatable bonds is 0. The van der Waals surface area contributed by atoms with Crippen molar-refractivity contribution in [3.63, 3.8) is 0 Å². The molecule has 0 atom stereocenters. The summed E-state index contributed by atoms with van der Waals surface area (Å²) in [5.74, 6) is 1.62. The SMILES string of the molecule is C1=CC2C=CC1C2.[C-]#[O+].[C-]#[O+].[Mn].c1cc[cH-]c1. The van der Waals surface area contributed by atoms with Gasteiger partial charge in [-0.2, -0.15) is 18.2 Å². The van der Waals surface area contributed by atoms with Gasteiger partial charge in [-0.05, 0) is 18.3 Å². The fourth-order valence-electron chi connectivity index (χ4n) is 1.65. The molecule has 0 aliphatic heterocycles. The molecule has 1 aromatic carbocycles. The van der Waals surface area contributed by atoms with E-state index in [4.69, 9.17) is 9.30 Å². The van der Waals surface area contributed by atoms with E-state index < -0.39 is 0 Å². The van der Waals surface area contributed by atoms with Crippen molar-refractivity contribution in [2.45, 2.75) is 6.42 Å². The molecule has 0 spiro atoms. The maximum absolute atomic E-state index is 7.50. The molecule has 89 valence electrons. The Kier molecular flexibility index (Phi) is 13.8. The van der Waals surface area contributed by atoms with Crippen LogP contribution in [-0.2, 0) is 26.4 Å². The van der Waals surface area contributed by atoms with Crippen LogP contribution in [0.1, 0.15) is 6.42 Å². The Labute approximate surface area is 113 Å². The van der Waals surface area contributed by atoms with Crippen molar-refractivity contribution in [3.05, 3.63) is 67.9 Å². The van der Waals surface area contributed by atoms with Crippen LogP contribution in [0.5, 0.6) is 0 Å². The average Bonchev–Trinajstić information content (AvgIpc) is 3.14. The quantitative estimate of drug-likeness (QED) is 0.300. The summed E-state index contributed by atoms with van der Waals surface area (Å²) >= 11 is 0. The van der Waals surface area contributed by atoms with Crippen LogP contribution >= 0.6 is 0 Å². The summed E-state index contributed by atoms with van der Waals surface area (Å²) in [5.41, 5.74) is 0. The molecule has 0 fully saturated rings. The summed E-state index contributed by atoms with van der Waals surface area (Å²) in [7, 11) is 0. The maximum atomic E-state index is 7.50. The Bertz CT molecular complexity index is 296. The molecule has 1 radical (unpaired) electrons. The second-order valence-corrected chi connectivity index (χ2v) is 3.30. The van der Waals surface area contributed by atoms with Gasteiger partial charge in [0, 0.05) is 17.1 Å². The van der Waals surface area contributed by atoms with Gasteiger partial charge in [-0.25, -0.2) is 12.1 Å². The first-order valence-corrected chi connectivity index (χ1v) is 4.89. The van der Waals surface area contributed by atoms with E-state index in [-0.39, 0.29) is 17.1 Å². The zero-order chi connectivity index (χ0) is 12.2. The van der Waals surface area contributed by atoms with Crippen LogP contribution in [-0.4, -0.2) is 0 Å². The summed E-state index contributed by atoms with van der Waals surface area (Å²) in [6.07, 6.45) is 10.5. The Morgan fingerprint density at radius 2 is 1.18 bits per heavy atom. The summed E-state index contributed by atoms with van der Waals surface area (Å²) in [6, 6.07) is 10.0. The number of fused-ring (bicyclic) bond motifs is 2. The van der Waals surface area contributed by atoms with Gasteiger partial charge in [-0.15, -0.1) is 0 Å². The van der Waals surface area contributed by atoms with E-state index in [0.29, 0.717) is 0 Å². The second-order valence-electron chi connectivity index (χ2n) is 3.30. The predicted molar refractivity (Wildman–Crippen MR) is 59.8 cm³/mol. The van der Waals surface area contributed by atoms with Crippen molar-refractivity contribution in [1.82, 2.24) is 0 Å². The van der Waals surface area contributed by atoms with Crippen molar-refractivity contribution in [2.24, 2.45) is 11.8 Å². The molecule has 0 unspecified atom stereocenters. The molecule has 0 saturated heterocycles. The fourth-order valence-corrected chi connectivity index (χ4v) is 1.65. The van der Waals surface area contributed by atoms with Crippen molar-refractivity contribution in [1.29, 1.82) is 0 Å². The van der Waals surface area contributed by atoms with E-state index in [0.717, 1.165) is 11.8 Å². The van der Waals surface area contributed by atoms with Crippen LogP contribution in [0, 0.1) is 25.1 Å².